The Morgan fingerprint density at radius 2 is 2.06 bits per heavy atom. The maximum atomic E-state index is 4.51. The molecule has 2 saturated heterocycles. The Balaban J connectivity index is 1.65. The molecule has 0 radical (unpaired) electrons. The molecule has 2 aliphatic heterocycles. The molecule has 2 aliphatic rings. The van der Waals surface area contributed by atoms with Gasteiger partial charge in [0, 0.05) is 30.9 Å². The SMILES string of the molecule is Cc1cccnc1CN(C)C1CC2CCC(C1)N2. The molecule has 1 aromatic rings. The summed E-state index contributed by atoms with van der Waals surface area (Å²) >= 11 is 0. The van der Waals surface area contributed by atoms with E-state index in [1.165, 1.54) is 36.9 Å². The molecule has 3 nitrogen and oxygen atoms in total. The van der Waals surface area contributed by atoms with Crippen molar-refractivity contribution in [3.05, 3.63) is 29.6 Å². The predicted octanol–water partition coefficient (Wildman–Crippen LogP) is 2.10. The van der Waals surface area contributed by atoms with E-state index in [0.29, 0.717) is 0 Å². The molecule has 18 heavy (non-hydrogen) atoms. The van der Waals surface area contributed by atoms with Crippen molar-refractivity contribution >= 4 is 0 Å². The molecule has 3 heteroatoms. The Morgan fingerprint density at radius 1 is 1.33 bits per heavy atom. The number of aryl methyl sites for hydroxylation is 1. The lowest BCUT2D eigenvalue weighted by Crippen LogP contribution is -2.46. The molecule has 3 rings (SSSR count). The summed E-state index contributed by atoms with van der Waals surface area (Å²) in [6.45, 7) is 3.14. The average Bonchev–Trinajstić information content (AvgIpc) is 2.71. The fraction of sp³-hybridized carbons (Fsp3) is 0.667. The Labute approximate surface area is 110 Å². The van der Waals surface area contributed by atoms with E-state index < -0.39 is 0 Å². The number of nitrogens with zero attached hydrogens (tertiary/aromatic N) is 2. The van der Waals surface area contributed by atoms with Crippen molar-refractivity contribution < 1.29 is 0 Å². The monoisotopic (exact) mass is 245 g/mol. The third-order valence-corrected chi connectivity index (χ3v) is 4.59. The first kappa shape index (κ1) is 12.1. The standard InChI is InChI=1S/C15H23N3/c1-11-4-3-7-16-15(11)10-18(2)14-8-12-5-6-13(9-14)17-12/h3-4,7,12-14,17H,5-6,8-10H2,1-2H3. The molecule has 0 aliphatic carbocycles. The maximum Gasteiger partial charge on any atom is 0.0573 e. The van der Waals surface area contributed by atoms with Crippen LogP contribution in [0.3, 0.4) is 0 Å². The summed E-state index contributed by atoms with van der Waals surface area (Å²) in [5, 5.41) is 3.71. The molecule has 0 aromatic carbocycles. The van der Waals surface area contributed by atoms with Gasteiger partial charge in [-0.2, -0.15) is 0 Å². The lowest BCUT2D eigenvalue weighted by Gasteiger charge is -2.35. The molecule has 2 unspecified atom stereocenters. The largest absolute Gasteiger partial charge is 0.311 e. The Kier molecular flexibility index (Phi) is 3.35. The summed E-state index contributed by atoms with van der Waals surface area (Å²) in [4.78, 5) is 7.01. The molecule has 3 heterocycles. The van der Waals surface area contributed by atoms with Gasteiger partial charge in [-0.05, 0) is 51.3 Å². The lowest BCUT2D eigenvalue weighted by molar-refractivity contribution is 0.164. The topological polar surface area (TPSA) is 28.2 Å². The fourth-order valence-corrected chi connectivity index (χ4v) is 3.44. The highest BCUT2D eigenvalue weighted by Crippen LogP contribution is 2.29. The van der Waals surface area contributed by atoms with Crippen LogP contribution >= 0.6 is 0 Å². The van der Waals surface area contributed by atoms with Crippen molar-refractivity contribution in [2.24, 2.45) is 0 Å². The van der Waals surface area contributed by atoms with Gasteiger partial charge in [0.05, 0.1) is 5.69 Å². The van der Waals surface area contributed by atoms with Crippen molar-refractivity contribution in [1.29, 1.82) is 0 Å². The average molecular weight is 245 g/mol. The summed E-state index contributed by atoms with van der Waals surface area (Å²) in [5.74, 6) is 0. The van der Waals surface area contributed by atoms with Gasteiger partial charge in [-0.3, -0.25) is 9.88 Å². The first-order valence-electron chi connectivity index (χ1n) is 7.09. The zero-order valence-electron chi connectivity index (χ0n) is 11.4. The normalized spacial score (nSPS) is 30.9. The highest BCUT2D eigenvalue weighted by atomic mass is 15.2. The van der Waals surface area contributed by atoms with Gasteiger partial charge in [-0.25, -0.2) is 0 Å². The summed E-state index contributed by atoms with van der Waals surface area (Å²) in [5.41, 5.74) is 2.53. The lowest BCUT2D eigenvalue weighted by atomic mass is 9.98. The van der Waals surface area contributed by atoms with Crippen LogP contribution in [0.2, 0.25) is 0 Å². The van der Waals surface area contributed by atoms with E-state index in [1.54, 1.807) is 0 Å². The van der Waals surface area contributed by atoms with Gasteiger partial charge < -0.3 is 5.32 Å². The minimum atomic E-state index is 0.727. The highest BCUT2D eigenvalue weighted by Gasteiger charge is 2.35. The van der Waals surface area contributed by atoms with Crippen LogP contribution < -0.4 is 5.32 Å². The van der Waals surface area contributed by atoms with E-state index in [2.05, 4.69) is 35.2 Å². The third kappa shape index (κ3) is 2.43. The van der Waals surface area contributed by atoms with E-state index in [1.807, 2.05) is 12.3 Å². The molecule has 0 saturated carbocycles. The van der Waals surface area contributed by atoms with Gasteiger partial charge in [-0.1, -0.05) is 6.07 Å². The number of fused-ring (bicyclic) bond motifs is 2. The predicted molar refractivity (Wildman–Crippen MR) is 73.4 cm³/mol. The van der Waals surface area contributed by atoms with Crippen LogP contribution in [0.4, 0.5) is 0 Å². The maximum absolute atomic E-state index is 4.51. The van der Waals surface area contributed by atoms with Crippen LogP contribution in [-0.2, 0) is 6.54 Å². The molecular weight excluding hydrogens is 222 g/mol. The van der Waals surface area contributed by atoms with Crippen LogP contribution in [0, 0.1) is 6.92 Å². The fourth-order valence-electron chi connectivity index (χ4n) is 3.44. The Morgan fingerprint density at radius 3 is 2.72 bits per heavy atom. The second-order valence-corrected chi connectivity index (χ2v) is 5.95. The summed E-state index contributed by atoms with van der Waals surface area (Å²) in [7, 11) is 2.25. The number of hydrogen-bond donors (Lipinski definition) is 1. The minimum Gasteiger partial charge on any atom is -0.311 e. The van der Waals surface area contributed by atoms with Crippen molar-refractivity contribution in [3.63, 3.8) is 0 Å². The van der Waals surface area contributed by atoms with Gasteiger partial charge >= 0.3 is 0 Å². The van der Waals surface area contributed by atoms with Gasteiger partial charge in [0.2, 0.25) is 0 Å². The molecule has 0 amide bonds. The number of pyridine rings is 1. The smallest absolute Gasteiger partial charge is 0.0573 e. The molecule has 2 bridgehead atoms. The number of aromatic nitrogens is 1. The number of hydrogen-bond acceptors (Lipinski definition) is 3. The Bertz CT molecular complexity index is 406. The van der Waals surface area contributed by atoms with Crippen LogP contribution in [0.1, 0.15) is 36.9 Å². The van der Waals surface area contributed by atoms with Crippen molar-refractivity contribution in [2.75, 3.05) is 7.05 Å². The molecular formula is C15H23N3. The van der Waals surface area contributed by atoms with Crippen LogP contribution in [0.25, 0.3) is 0 Å². The minimum absolute atomic E-state index is 0.727. The molecule has 2 atom stereocenters. The highest BCUT2D eigenvalue weighted by molar-refractivity contribution is 5.17. The zero-order chi connectivity index (χ0) is 12.5. The van der Waals surface area contributed by atoms with E-state index in [0.717, 1.165) is 24.7 Å². The zero-order valence-corrected chi connectivity index (χ0v) is 11.4. The van der Waals surface area contributed by atoms with Crippen LogP contribution in [0.5, 0.6) is 0 Å². The van der Waals surface area contributed by atoms with Crippen molar-refractivity contribution in [1.82, 2.24) is 15.2 Å². The quantitative estimate of drug-likeness (QED) is 0.884. The molecule has 1 aromatic heterocycles. The van der Waals surface area contributed by atoms with Crippen molar-refractivity contribution in [2.45, 2.75) is 57.3 Å². The summed E-state index contributed by atoms with van der Waals surface area (Å²) in [6.07, 6.45) is 7.26. The van der Waals surface area contributed by atoms with Crippen molar-refractivity contribution in [3.8, 4) is 0 Å². The van der Waals surface area contributed by atoms with Crippen LogP contribution in [-0.4, -0.2) is 35.1 Å². The molecule has 98 valence electrons. The summed E-state index contributed by atoms with van der Waals surface area (Å²) in [6, 6.07) is 6.43. The molecule has 0 spiro atoms. The molecule has 1 N–H and O–H groups in total. The van der Waals surface area contributed by atoms with E-state index in [9.17, 15) is 0 Å². The van der Waals surface area contributed by atoms with E-state index in [4.69, 9.17) is 0 Å². The summed E-state index contributed by atoms with van der Waals surface area (Å²) < 4.78 is 0. The van der Waals surface area contributed by atoms with Gasteiger partial charge in [0.15, 0.2) is 0 Å². The first-order valence-corrected chi connectivity index (χ1v) is 7.09. The third-order valence-electron chi connectivity index (χ3n) is 4.59. The second-order valence-electron chi connectivity index (χ2n) is 5.95. The van der Waals surface area contributed by atoms with E-state index >= 15 is 0 Å². The number of nitrogens with one attached hydrogen (secondary N) is 1. The Hall–Kier alpha value is -0.930. The molecule has 2 fully saturated rings. The van der Waals surface area contributed by atoms with Gasteiger partial charge in [0.1, 0.15) is 0 Å². The second kappa shape index (κ2) is 4.98. The van der Waals surface area contributed by atoms with Crippen LogP contribution in [0.15, 0.2) is 18.3 Å². The number of piperidine rings is 1. The number of rotatable bonds is 3. The van der Waals surface area contributed by atoms with E-state index in [-0.39, 0.29) is 0 Å². The van der Waals surface area contributed by atoms with Gasteiger partial charge in [0.25, 0.3) is 0 Å². The van der Waals surface area contributed by atoms with Gasteiger partial charge in [-0.15, -0.1) is 0 Å². The first-order chi connectivity index (χ1) is 8.72.